The van der Waals surface area contributed by atoms with Crippen molar-refractivity contribution in [3.8, 4) is 0 Å². The zero-order chi connectivity index (χ0) is 11.8. The van der Waals surface area contributed by atoms with Crippen LogP contribution in [0.1, 0.15) is 19.4 Å². The van der Waals surface area contributed by atoms with Gasteiger partial charge in [0.2, 0.25) is 10.3 Å². The SMILES string of the molecule is CC1(C)C=C(C=S(=O)=O)c2ccccc2N1. The van der Waals surface area contributed by atoms with Crippen LogP contribution in [0.5, 0.6) is 0 Å². The Bertz CT molecular complexity index is 575. The van der Waals surface area contributed by atoms with E-state index in [2.05, 4.69) is 5.32 Å². The molecule has 0 fully saturated rings. The lowest BCUT2D eigenvalue weighted by molar-refractivity contribution is 0.627. The molecule has 0 saturated heterocycles. The van der Waals surface area contributed by atoms with Crippen LogP contribution < -0.4 is 5.32 Å². The predicted octanol–water partition coefficient (Wildman–Crippen LogP) is 1.96. The number of allylic oxidation sites excluding steroid dienone is 1. The number of anilines is 1. The molecule has 1 aromatic carbocycles. The minimum absolute atomic E-state index is 0.237. The predicted molar refractivity (Wildman–Crippen MR) is 67.1 cm³/mol. The lowest BCUT2D eigenvalue weighted by Crippen LogP contribution is -2.31. The van der Waals surface area contributed by atoms with E-state index in [9.17, 15) is 8.42 Å². The Morgan fingerprint density at radius 2 is 1.94 bits per heavy atom. The van der Waals surface area contributed by atoms with Crippen LogP contribution in [0.3, 0.4) is 0 Å². The molecular weight excluding hydrogens is 222 g/mol. The molecule has 0 unspecified atom stereocenters. The fourth-order valence-corrected chi connectivity index (χ4v) is 2.30. The molecule has 0 bridgehead atoms. The standard InChI is InChI=1S/C12H13NO2S/c1-12(2)7-9(8-16(14)15)10-5-3-4-6-11(10)13-12/h3-8,13H,1-2H3. The van der Waals surface area contributed by atoms with Crippen LogP contribution in [0.2, 0.25) is 0 Å². The van der Waals surface area contributed by atoms with E-state index in [1.165, 1.54) is 5.37 Å². The van der Waals surface area contributed by atoms with Crippen LogP contribution in [0.4, 0.5) is 5.69 Å². The maximum absolute atomic E-state index is 10.8. The second-order valence-electron chi connectivity index (χ2n) is 4.37. The zero-order valence-electron chi connectivity index (χ0n) is 9.19. The van der Waals surface area contributed by atoms with Crippen molar-refractivity contribution in [1.82, 2.24) is 0 Å². The first-order valence-electron chi connectivity index (χ1n) is 5.01. The van der Waals surface area contributed by atoms with E-state index in [4.69, 9.17) is 0 Å². The van der Waals surface area contributed by atoms with Gasteiger partial charge in [-0.2, -0.15) is 8.42 Å². The molecule has 0 aromatic heterocycles. The van der Waals surface area contributed by atoms with Crippen molar-refractivity contribution in [2.75, 3.05) is 5.32 Å². The van der Waals surface area contributed by atoms with Crippen LogP contribution >= 0.6 is 0 Å². The monoisotopic (exact) mass is 235 g/mol. The van der Waals surface area contributed by atoms with Crippen molar-refractivity contribution in [3.63, 3.8) is 0 Å². The van der Waals surface area contributed by atoms with Crippen molar-refractivity contribution in [3.05, 3.63) is 35.9 Å². The second-order valence-corrected chi connectivity index (χ2v) is 5.13. The van der Waals surface area contributed by atoms with Crippen molar-refractivity contribution >= 4 is 26.9 Å². The van der Waals surface area contributed by atoms with E-state index in [0.717, 1.165) is 16.8 Å². The highest BCUT2D eigenvalue weighted by molar-refractivity contribution is 7.72. The van der Waals surface area contributed by atoms with E-state index in [1.54, 1.807) is 0 Å². The van der Waals surface area contributed by atoms with Gasteiger partial charge in [0.15, 0.2) is 0 Å². The first-order valence-corrected chi connectivity index (χ1v) is 6.15. The average Bonchev–Trinajstić information content (AvgIpc) is 2.14. The Labute approximate surface area is 96.3 Å². The molecule has 0 spiro atoms. The molecule has 0 atom stereocenters. The topological polar surface area (TPSA) is 46.2 Å². The van der Waals surface area contributed by atoms with E-state index in [1.807, 2.05) is 44.2 Å². The Kier molecular flexibility index (Phi) is 2.59. The van der Waals surface area contributed by atoms with Gasteiger partial charge in [-0.3, -0.25) is 0 Å². The largest absolute Gasteiger partial charge is 0.376 e. The van der Waals surface area contributed by atoms with Gasteiger partial charge >= 0.3 is 0 Å². The molecule has 1 heterocycles. The van der Waals surface area contributed by atoms with E-state index < -0.39 is 10.3 Å². The summed E-state index contributed by atoms with van der Waals surface area (Å²) in [5.74, 6) is 0. The van der Waals surface area contributed by atoms with Gasteiger partial charge in [-0.25, -0.2) is 0 Å². The number of hydrogen-bond donors (Lipinski definition) is 1. The van der Waals surface area contributed by atoms with Crippen LogP contribution in [-0.4, -0.2) is 19.3 Å². The third kappa shape index (κ3) is 2.17. The molecule has 2 rings (SSSR count). The zero-order valence-corrected chi connectivity index (χ0v) is 10.0. The summed E-state index contributed by atoms with van der Waals surface area (Å²) < 4.78 is 21.5. The van der Waals surface area contributed by atoms with Gasteiger partial charge < -0.3 is 5.32 Å². The molecule has 4 heteroatoms. The van der Waals surface area contributed by atoms with E-state index >= 15 is 0 Å². The minimum atomic E-state index is -2.17. The normalized spacial score (nSPS) is 16.8. The molecule has 84 valence electrons. The van der Waals surface area contributed by atoms with Crippen molar-refractivity contribution in [2.24, 2.45) is 0 Å². The molecular formula is C12H13NO2S. The molecule has 1 aromatic rings. The van der Waals surface area contributed by atoms with Crippen LogP contribution in [0.25, 0.3) is 5.57 Å². The fourth-order valence-electron chi connectivity index (χ4n) is 1.89. The summed E-state index contributed by atoms with van der Waals surface area (Å²) in [7, 11) is -2.17. The molecule has 3 nitrogen and oxygen atoms in total. The van der Waals surface area contributed by atoms with Gasteiger partial charge in [-0.05, 0) is 25.5 Å². The van der Waals surface area contributed by atoms with Crippen LogP contribution in [0.15, 0.2) is 30.3 Å². The molecule has 1 aliphatic heterocycles. The first-order chi connectivity index (χ1) is 7.48. The summed E-state index contributed by atoms with van der Waals surface area (Å²) in [6.07, 6.45) is 1.92. The number of benzene rings is 1. The smallest absolute Gasteiger partial charge is 0.214 e. The molecule has 0 radical (unpaired) electrons. The summed E-state index contributed by atoms with van der Waals surface area (Å²) in [6, 6.07) is 7.69. The van der Waals surface area contributed by atoms with Crippen molar-refractivity contribution in [2.45, 2.75) is 19.4 Å². The maximum atomic E-state index is 10.8. The summed E-state index contributed by atoms with van der Waals surface area (Å²) >= 11 is 0. The molecule has 0 saturated carbocycles. The van der Waals surface area contributed by atoms with Gasteiger partial charge in [-0.1, -0.05) is 24.3 Å². The number of rotatable bonds is 1. The average molecular weight is 235 g/mol. The van der Waals surface area contributed by atoms with Gasteiger partial charge in [-0.15, -0.1) is 0 Å². The molecule has 0 aliphatic carbocycles. The minimum Gasteiger partial charge on any atom is -0.376 e. The summed E-state index contributed by atoms with van der Waals surface area (Å²) in [6.45, 7) is 4.01. The summed E-state index contributed by atoms with van der Waals surface area (Å²) in [4.78, 5) is 0. The fraction of sp³-hybridized carbons (Fsp3) is 0.250. The molecule has 16 heavy (non-hydrogen) atoms. The number of nitrogens with one attached hydrogen (secondary N) is 1. The summed E-state index contributed by atoms with van der Waals surface area (Å²) in [5.41, 5.74) is 2.39. The maximum Gasteiger partial charge on any atom is 0.214 e. The quantitative estimate of drug-likeness (QED) is 0.757. The number of hydrogen-bond acceptors (Lipinski definition) is 3. The highest BCUT2D eigenvalue weighted by atomic mass is 32.2. The molecule has 1 aliphatic rings. The molecule has 0 amide bonds. The summed E-state index contributed by atoms with van der Waals surface area (Å²) in [5, 5.41) is 4.59. The third-order valence-electron chi connectivity index (χ3n) is 2.43. The highest BCUT2D eigenvalue weighted by Gasteiger charge is 2.22. The van der Waals surface area contributed by atoms with Gasteiger partial charge in [0.1, 0.15) is 0 Å². The van der Waals surface area contributed by atoms with Crippen LogP contribution in [0, 0.1) is 0 Å². The Morgan fingerprint density at radius 1 is 1.25 bits per heavy atom. The lowest BCUT2D eigenvalue weighted by atomic mass is 9.91. The Morgan fingerprint density at radius 3 is 2.62 bits per heavy atom. The van der Waals surface area contributed by atoms with Crippen molar-refractivity contribution < 1.29 is 8.42 Å². The van der Waals surface area contributed by atoms with Gasteiger partial charge in [0.05, 0.1) is 10.9 Å². The van der Waals surface area contributed by atoms with E-state index in [-0.39, 0.29) is 5.54 Å². The van der Waals surface area contributed by atoms with Gasteiger partial charge in [0, 0.05) is 11.3 Å². The number of para-hydroxylation sites is 1. The van der Waals surface area contributed by atoms with E-state index in [0.29, 0.717) is 0 Å². The third-order valence-corrected chi connectivity index (χ3v) is 2.88. The first kappa shape index (κ1) is 11.0. The second kappa shape index (κ2) is 3.79. The number of fused-ring (bicyclic) bond motifs is 1. The van der Waals surface area contributed by atoms with Crippen molar-refractivity contribution in [1.29, 1.82) is 0 Å². The lowest BCUT2D eigenvalue weighted by Gasteiger charge is -2.31. The highest BCUT2D eigenvalue weighted by Crippen LogP contribution is 2.32. The Balaban J connectivity index is 2.64. The molecule has 1 N–H and O–H groups in total. The van der Waals surface area contributed by atoms with Gasteiger partial charge in [0.25, 0.3) is 0 Å². The Hall–Kier alpha value is -1.55. The van der Waals surface area contributed by atoms with Crippen LogP contribution in [-0.2, 0) is 10.3 Å².